The van der Waals surface area contributed by atoms with Crippen LogP contribution in [0.15, 0.2) is 24.3 Å². The van der Waals surface area contributed by atoms with Crippen molar-refractivity contribution in [1.29, 1.82) is 0 Å². The number of aryl methyl sites for hydroxylation is 1. The first-order valence-corrected chi connectivity index (χ1v) is 8.03. The first-order chi connectivity index (χ1) is 10.2. The van der Waals surface area contributed by atoms with Crippen molar-refractivity contribution < 1.29 is 9.53 Å². The summed E-state index contributed by atoms with van der Waals surface area (Å²) < 4.78 is 5.47. The van der Waals surface area contributed by atoms with Gasteiger partial charge in [-0.15, -0.1) is 0 Å². The Morgan fingerprint density at radius 3 is 2.55 bits per heavy atom. The fourth-order valence-corrected chi connectivity index (χ4v) is 2.79. The minimum absolute atomic E-state index is 0.139. The molecular weight excluding hydrogens is 276 g/mol. The van der Waals surface area contributed by atoms with Crippen molar-refractivity contribution in [3.63, 3.8) is 0 Å². The Kier molecular flexibility index (Phi) is 5.12. The van der Waals surface area contributed by atoms with Crippen molar-refractivity contribution in [3.05, 3.63) is 35.4 Å². The number of ether oxygens (including phenoxy) is 1. The van der Waals surface area contributed by atoms with Crippen LogP contribution in [0.5, 0.6) is 0 Å². The molecule has 1 aromatic rings. The number of benzene rings is 1. The maximum Gasteiger partial charge on any atom is 0.410 e. The van der Waals surface area contributed by atoms with E-state index in [1.54, 1.807) is 4.90 Å². The van der Waals surface area contributed by atoms with E-state index in [1.165, 1.54) is 11.1 Å². The molecule has 22 heavy (non-hydrogen) atoms. The van der Waals surface area contributed by atoms with Gasteiger partial charge in [-0.25, -0.2) is 4.79 Å². The van der Waals surface area contributed by atoms with Gasteiger partial charge < -0.3 is 15.4 Å². The van der Waals surface area contributed by atoms with Crippen molar-refractivity contribution in [2.75, 3.05) is 13.1 Å². The molecule has 4 heteroatoms. The molecule has 1 saturated heterocycles. The van der Waals surface area contributed by atoms with E-state index in [-0.39, 0.29) is 18.1 Å². The number of carbonyl (C=O) groups is 1. The molecule has 1 fully saturated rings. The monoisotopic (exact) mass is 304 g/mol. The van der Waals surface area contributed by atoms with Gasteiger partial charge in [0.05, 0.1) is 0 Å². The summed E-state index contributed by atoms with van der Waals surface area (Å²) in [5.41, 5.74) is 8.34. The lowest BCUT2D eigenvalue weighted by Crippen LogP contribution is -2.51. The molecule has 2 atom stereocenters. The van der Waals surface area contributed by atoms with Gasteiger partial charge in [0.15, 0.2) is 0 Å². The summed E-state index contributed by atoms with van der Waals surface area (Å²) >= 11 is 0. The van der Waals surface area contributed by atoms with Crippen LogP contribution in [0.3, 0.4) is 0 Å². The van der Waals surface area contributed by atoms with Crippen LogP contribution in [-0.2, 0) is 11.2 Å². The van der Waals surface area contributed by atoms with E-state index in [0.29, 0.717) is 13.1 Å². The molecule has 0 aliphatic carbocycles. The van der Waals surface area contributed by atoms with Gasteiger partial charge in [0.2, 0.25) is 0 Å². The standard InChI is InChI=1S/C18H28N2O2/c1-13-5-7-14(8-6-13)11-15-12-20(10-9-16(15)19)17(21)22-18(2,3)4/h5-8,15-16H,9-12,19H2,1-4H3/t15-,16+/m0/s1. The van der Waals surface area contributed by atoms with E-state index < -0.39 is 5.60 Å². The van der Waals surface area contributed by atoms with Crippen LogP contribution in [0.4, 0.5) is 4.79 Å². The van der Waals surface area contributed by atoms with Gasteiger partial charge >= 0.3 is 6.09 Å². The van der Waals surface area contributed by atoms with Crippen molar-refractivity contribution in [2.45, 2.75) is 52.2 Å². The van der Waals surface area contributed by atoms with E-state index in [1.807, 2.05) is 20.8 Å². The van der Waals surface area contributed by atoms with E-state index in [4.69, 9.17) is 10.5 Å². The molecule has 122 valence electrons. The van der Waals surface area contributed by atoms with Crippen LogP contribution in [0, 0.1) is 12.8 Å². The normalized spacial score (nSPS) is 22.5. The van der Waals surface area contributed by atoms with Crippen LogP contribution >= 0.6 is 0 Å². The van der Waals surface area contributed by atoms with E-state index in [2.05, 4.69) is 31.2 Å². The SMILES string of the molecule is Cc1ccc(C[C@H]2CN(C(=O)OC(C)(C)C)CC[C@H]2N)cc1. The number of rotatable bonds is 2. The summed E-state index contributed by atoms with van der Waals surface area (Å²) in [7, 11) is 0. The van der Waals surface area contributed by atoms with Gasteiger partial charge in [0.25, 0.3) is 0 Å². The van der Waals surface area contributed by atoms with Crippen molar-refractivity contribution in [1.82, 2.24) is 4.90 Å². The minimum atomic E-state index is -0.455. The highest BCUT2D eigenvalue weighted by molar-refractivity contribution is 5.68. The molecule has 1 aliphatic rings. The Morgan fingerprint density at radius 1 is 1.32 bits per heavy atom. The molecule has 1 heterocycles. The van der Waals surface area contributed by atoms with Gasteiger partial charge in [-0.05, 0) is 52.0 Å². The van der Waals surface area contributed by atoms with Gasteiger partial charge in [-0.2, -0.15) is 0 Å². The van der Waals surface area contributed by atoms with E-state index >= 15 is 0 Å². The molecule has 0 radical (unpaired) electrons. The molecule has 0 saturated carbocycles. The van der Waals surface area contributed by atoms with Gasteiger partial charge in [0, 0.05) is 19.1 Å². The number of amides is 1. The Bertz CT molecular complexity index is 505. The summed E-state index contributed by atoms with van der Waals surface area (Å²) in [4.78, 5) is 14.0. The summed E-state index contributed by atoms with van der Waals surface area (Å²) in [5.74, 6) is 0.281. The zero-order valence-corrected chi connectivity index (χ0v) is 14.1. The predicted molar refractivity (Wildman–Crippen MR) is 88.8 cm³/mol. The predicted octanol–water partition coefficient (Wildman–Crippen LogP) is 3.12. The molecule has 0 bridgehead atoms. The number of likely N-dealkylation sites (tertiary alicyclic amines) is 1. The smallest absolute Gasteiger partial charge is 0.410 e. The third-order valence-corrected chi connectivity index (χ3v) is 4.06. The number of piperidine rings is 1. The number of nitrogens with zero attached hydrogens (tertiary/aromatic N) is 1. The average molecular weight is 304 g/mol. The van der Waals surface area contributed by atoms with Gasteiger partial charge in [-0.1, -0.05) is 29.8 Å². The molecule has 1 amide bonds. The molecule has 1 aromatic carbocycles. The highest BCUT2D eigenvalue weighted by Gasteiger charge is 2.31. The van der Waals surface area contributed by atoms with Crippen LogP contribution < -0.4 is 5.73 Å². The number of nitrogens with two attached hydrogens (primary N) is 1. The molecule has 2 rings (SSSR count). The second kappa shape index (κ2) is 6.69. The Balaban J connectivity index is 1.98. The summed E-state index contributed by atoms with van der Waals surface area (Å²) in [6.07, 6.45) is 1.50. The topological polar surface area (TPSA) is 55.6 Å². The lowest BCUT2D eigenvalue weighted by atomic mass is 9.87. The van der Waals surface area contributed by atoms with E-state index in [0.717, 1.165) is 12.8 Å². The molecule has 4 nitrogen and oxygen atoms in total. The van der Waals surface area contributed by atoms with Crippen LogP contribution in [0.25, 0.3) is 0 Å². The Hall–Kier alpha value is -1.55. The Morgan fingerprint density at radius 2 is 1.95 bits per heavy atom. The van der Waals surface area contributed by atoms with Crippen molar-refractivity contribution >= 4 is 6.09 Å². The Labute approximate surface area is 133 Å². The molecule has 0 aromatic heterocycles. The lowest BCUT2D eigenvalue weighted by molar-refractivity contribution is 0.0148. The van der Waals surface area contributed by atoms with Gasteiger partial charge in [-0.3, -0.25) is 0 Å². The molecule has 0 unspecified atom stereocenters. The minimum Gasteiger partial charge on any atom is -0.444 e. The summed E-state index contributed by atoms with van der Waals surface area (Å²) in [6.45, 7) is 9.11. The fourth-order valence-electron chi connectivity index (χ4n) is 2.79. The second-order valence-electron chi connectivity index (χ2n) is 7.33. The maximum absolute atomic E-state index is 12.2. The van der Waals surface area contributed by atoms with Crippen molar-refractivity contribution in [2.24, 2.45) is 11.7 Å². The third kappa shape index (κ3) is 4.73. The maximum atomic E-state index is 12.2. The largest absolute Gasteiger partial charge is 0.444 e. The van der Waals surface area contributed by atoms with Crippen molar-refractivity contribution in [3.8, 4) is 0 Å². The number of hydrogen-bond acceptors (Lipinski definition) is 3. The highest BCUT2D eigenvalue weighted by atomic mass is 16.6. The van der Waals surface area contributed by atoms with Crippen LogP contribution in [-0.4, -0.2) is 35.7 Å². The van der Waals surface area contributed by atoms with Gasteiger partial charge in [0.1, 0.15) is 5.60 Å². The first kappa shape index (κ1) is 16.8. The third-order valence-electron chi connectivity index (χ3n) is 4.06. The summed E-state index contributed by atoms with van der Waals surface area (Å²) in [6, 6.07) is 8.67. The number of carbonyl (C=O) groups excluding carboxylic acids is 1. The zero-order valence-electron chi connectivity index (χ0n) is 14.1. The molecule has 2 N–H and O–H groups in total. The van der Waals surface area contributed by atoms with Crippen LogP contribution in [0.1, 0.15) is 38.3 Å². The lowest BCUT2D eigenvalue weighted by Gasteiger charge is -2.37. The molecule has 0 spiro atoms. The second-order valence-corrected chi connectivity index (χ2v) is 7.33. The quantitative estimate of drug-likeness (QED) is 0.913. The zero-order chi connectivity index (χ0) is 16.3. The molecule has 1 aliphatic heterocycles. The van der Waals surface area contributed by atoms with Crippen LogP contribution in [0.2, 0.25) is 0 Å². The first-order valence-electron chi connectivity index (χ1n) is 8.03. The van der Waals surface area contributed by atoms with E-state index in [9.17, 15) is 4.79 Å². The highest BCUT2D eigenvalue weighted by Crippen LogP contribution is 2.22. The molecular formula is C18H28N2O2. The number of hydrogen-bond donors (Lipinski definition) is 1. The average Bonchev–Trinajstić information content (AvgIpc) is 2.41. The fraction of sp³-hybridized carbons (Fsp3) is 0.611. The summed E-state index contributed by atoms with van der Waals surface area (Å²) in [5, 5.41) is 0.